The van der Waals surface area contributed by atoms with Crippen molar-refractivity contribution in [2.75, 3.05) is 10.6 Å². The quantitative estimate of drug-likeness (QED) is 0.476. The van der Waals surface area contributed by atoms with Crippen LogP contribution in [0.4, 0.5) is 26.2 Å². The smallest absolute Gasteiger partial charge is 0.150 e. The molecule has 2 heterocycles. The van der Waals surface area contributed by atoms with Crippen molar-refractivity contribution >= 4 is 17.5 Å². The maximum atomic E-state index is 13.3. The molecule has 0 amide bonds. The molecular weight excluding hydrogens is 372 g/mol. The molecule has 2 aromatic heterocycles. The molecule has 7 heteroatoms. The van der Waals surface area contributed by atoms with Crippen LogP contribution in [0.3, 0.4) is 0 Å². The molecule has 0 unspecified atom stereocenters. The summed E-state index contributed by atoms with van der Waals surface area (Å²) in [7, 11) is 0. The van der Waals surface area contributed by atoms with Gasteiger partial charge in [-0.05, 0) is 53.1 Å². The number of nitrogens with zero attached hydrogens (tertiary/aromatic N) is 3. The summed E-state index contributed by atoms with van der Waals surface area (Å²) >= 11 is 0. The van der Waals surface area contributed by atoms with Crippen LogP contribution in [0.1, 0.15) is 5.56 Å². The number of hydrogen-bond donors (Lipinski definition) is 2. The third kappa shape index (κ3) is 4.90. The van der Waals surface area contributed by atoms with Crippen LogP contribution in [0.25, 0.3) is 11.1 Å². The van der Waals surface area contributed by atoms with Gasteiger partial charge in [-0.2, -0.15) is 0 Å². The van der Waals surface area contributed by atoms with Crippen molar-refractivity contribution < 1.29 is 8.78 Å². The first kappa shape index (κ1) is 18.5. The molecule has 0 aliphatic carbocycles. The van der Waals surface area contributed by atoms with Crippen LogP contribution in [0.5, 0.6) is 0 Å². The summed E-state index contributed by atoms with van der Waals surface area (Å²) in [5.74, 6) is 1.16. The molecule has 4 rings (SSSR count). The molecule has 2 N–H and O–H groups in total. The molecule has 2 aromatic carbocycles. The van der Waals surface area contributed by atoms with Gasteiger partial charge in [0.05, 0.1) is 6.20 Å². The predicted molar refractivity (Wildman–Crippen MR) is 109 cm³/mol. The van der Waals surface area contributed by atoms with E-state index in [1.54, 1.807) is 42.9 Å². The van der Waals surface area contributed by atoms with Gasteiger partial charge < -0.3 is 10.6 Å². The zero-order valence-electron chi connectivity index (χ0n) is 15.3. The molecule has 0 bridgehead atoms. The summed E-state index contributed by atoms with van der Waals surface area (Å²) in [4.78, 5) is 12.8. The van der Waals surface area contributed by atoms with Crippen LogP contribution in [0.15, 0.2) is 79.3 Å². The number of anilines is 3. The molecule has 0 fully saturated rings. The second kappa shape index (κ2) is 8.43. The Morgan fingerprint density at radius 2 is 1.41 bits per heavy atom. The molecule has 0 aliphatic heterocycles. The zero-order chi connectivity index (χ0) is 20.1. The van der Waals surface area contributed by atoms with E-state index in [1.165, 1.54) is 24.3 Å². The Balaban J connectivity index is 1.63. The standard InChI is InChI=1S/C22H17F2N5/c23-18-5-1-15(2-6-18)13-27-20-11-17(16-3-7-19(24)8-4-16)12-21(28-20)29-22-14-25-9-10-26-22/h1-12,14H,13H2,(H2,26,27,28,29). The largest absolute Gasteiger partial charge is 0.366 e. The number of aromatic nitrogens is 3. The van der Waals surface area contributed by atoms with E-state index in [0.717, 1.165) is 16.7 Å². The van der Waals surface area contributed by atoms with Crippen LogP contribution >= 0.6 is 0 Å². The first-order valence-electron chi connectivity index (χ1n) is 8.95. The molecule has 0 spiro atoms. The van der Waals surface area contributed by atoms with Crippen molar-refractivity contribution in [3.63, 3.8) is 0 Å². The predicted octanol–water partition coefficient (Wildman–Crippen LogP) is 5.17. The lowest BCUT2D eigenvalue weighted by Gasteiger charge is -2.12. The van der Waals surface area contributed by atoms with Gasteiger partial charge in [0.2, 0.25) is 0 Å². The highest BCUT2D eigenvalue weighted by Gasteiger charge is 2.07. The number of hydrogen-bond acceptors (Lipinski definition) is 5. The number of benzene rings is 2. The van der Waals surface area contributed by atoms with Gasteiger partial charge in [0.25, 0.3) is 0 Å². The van der Waals surface area contributed by atoms with E-state index in [2.05, 4.69) is 25.6 Å². The average molecular weight is 389 g/mol. The number of nitrogens with one attached hydrogen (secondary N) is 2. The van der Waals surface area contributed by atoms with Crippen molar-refractivity contribution in [2.45, 2.75) is 6.54 Å². The number of halogens is 2. The lowest BCUT2D eigenvalue weighted by atomic mass is 10.1. The van der Waals surface area contributed by atoms with E-state index >= 15 is 0 Å². The van der Waals surface area contributed by atoms with E-state index in [0.29, 0.717) is 24.0 Å². The van der Waals surface area contributed by atoms with Crippen LogP contribution in [-0.2, 0) is 6.54 Å². The second-order valence-corrected chi connectivity index (χ2v) is 6.33. The minimum atomic E-state index is -0.296. The summed E-state index contributed by atoms with van der Waals surface area (Å²) in [5, 5.41) is 6.37. The van der Waals surface area contributed by atoms with Crippen LogP contribution in [0, 0.1) is 11.6 Å². The van der Waals surface area contributed by atoms with Crippen molar-refractivity contribution in [2.24, 2.45) is 0 Å². The SMILES string of the molecule is Fc1ccc(CNc2cc(-c3ccc(F)cc3)cc(Nc3cnccn3)n2)cc1. The third-order valence-corrected chi connectivity index (χ3v) is 4.21. The van der Waals surface area contributed by atoms with Gasteiger partial charge in [-0.3, -0.25) is 4.98 Å². The lowest BCUT2D eigenvalue weighted by molar-refractivity contribution is 0.627. The first-order chi connectivity index (χ1) is 14.2. The highest BCUT2D eigenvalue weighted by Crippen LogP contribution is 2.26. The van der Waals surface area contributed by atoms with E-state index in [-0.39, 0.29) is 11.6 Å². The molecule has 0 atom stereocenters. The average Bonchev–Trinajstić information content (AvgIpc) is 2.74. The van der Waals surface area contributed by atoms with Crippen LogP contribution in [0.2, 0.25) is 0 Å². The third-order valence-electron chi connectivity index (χ3n) is 4.21. The summed E-state index contributed by atoms with van der Waals surface area (Å²) in [6, 6.07) is 16.2. The Morgan fingerprint density at radius 1 is 0.724 bits per heavy atom. The van der Waals surface area contributed by atoms with E-state index in [9.17, 15) is 8.78 Å². The maximum absolute atomic E-state index is 13.3. The molecular formula is C22H17F2N5. The number of pyridine rings is 1. The lowest BCUT2D eigenvalue weighted by Crippen LogP contribution is -2.04. The fourth-order valence-corrected chi connectivity index (χ4v) is 2.78. The second-order valence-electron chi connectivity index (χ2n) is 6.33. The fraction of sp³-hybridized carbons (Fsp3) is 0.0455. The van der Waals surface area contributed by atoms with Crippen molar-refractivity contribution in [3.8, 4) is 11.1 Å². The summed E-state index contributed by atoms with van der Waals surface area (Å²) < 4.78 is 26.4. The Bertz CT molecular complexity index is 1080. The minimum Gasteiger partial charge on any atom is -0.366 e. The van der Waals surface area contributed by atoms with E-state index in [4.69, 9.17) is 0 Å². The molecule has 29 heavy (non-hydrogen) atoms. The molecule has 0 saturated carbocycles. The van der Waals surface area contributed by atoms with E-state index < -0.39 is 0 Å². The normalized spacial score (nSPS) is 10.6. The van der Waals surface area contributed by atoms with Crippen molar-refractivity contribution in [3.05, 3.63) is 96.5 Å². The Hall–Kier alpha value is -3.87. The van der Waals surface area contributed by atoms with Gasteiger partial charge in [0.15, 0.2) is 0 Å². The monoisotopic (exact) mass is 389 g/mol. The Kier molecular flexibility index (Phi) is 5.38. The Labute approximate surface area is 166 Å². The number of rotatable bonds is 6. The molecule has 0 saturated heterocycles. The maximum Gasteiger partial charge on any atom is 0.150 e. The molecule has 144 valence electrons. The molecule has 5 nitrogen and oxygen atoms in total. The Morgan fingerprint density at radius 3 is 2.10 bits per heavy atom. The summed E-state index contributed by atoms with van der Waals surface area (Å²) in [6.45, 7) is 0.477. The van der Waals surface area contributed by atoms with Gasteiger partial charge in [-0.25, -0.2) is 18.7 Å². The minimum absolute atomic E-state index is 0.277. The van der Waals surface area contributed by atoms with Gasteiger partial charge >= 0.3 is 0 Å². The van der Waals surface area contributed by atoms with Crippen molar-refractivity contribution in [1.29, 1.82) is 0 Å². The highest BCUT2D eigenvalue weighted by atomic mass is 19.1. The van der Waals surface area contributed by atoms with Crippen molar-refractivity contribution in [1.82, 2.24) is 15.0 Å². The fourth-order valence-electron chi connectivity index (χ4n) is 2.78. The zero-order valence-corrected chi connectivity index (χ0v) is 15.3. The molecule has 0 aliphatic rings. The van der Waals surface area contributed by atoms with Crippen LogP contribution < -0.4 is 10.6 Å². The van der Waals surface area contributed by atoms with Gasteiger partial charge in [0, 0.05) is 18.9 Å². The molecule has 0 radical (unpaired) electrons. The summed E-state index contributed by atoms with van der Waals surface area (Å²) in [6.07, 6.45) is 4.76. The van der Waals surface area contributed by atoms with Gasteiger partial charge in [-0.15, -0.1) is 0 Å². The van der Waals surface area contributed by atoms with Gasteiger partial charge in [-0.1, -0.05) is 24.3 Å². The van der Waals surface area contributed by atoms with Gasteiger partial charge in [0.1, 0.15) is 29.1 Å². The summed E-state index contributed by atoms with van der Waals surface area (Å²) in [5.41, 5.74) is 2.62. The topological polar surface area (TPSA) is 62.7 Å². The highest BCUT2D eigenvalue weighted by molar-refractivity contribution is 5.71. The molecule has 4 aromatic rings. The van der Waals surface area contributed by atoms with E-state index in [1.807, 2.05) is 12.1 Å². The van der Waals surface area contributed by atoms with Crippen LogP contribution in [-0.4, -0.2) is 15.0 Å². The first-order valence-corrected chi connectivity index (χ1v) is 8.95.